The molecule has 0 bridgehead atoms. The molecule has 0 saturated heterocycles. The number of carbonyl (C=O) groups excluding carboxylic acids is 2. The van der Waals surface area contributed by atoms with Gasteiger partial charge in [-0.15, -0.1) is 0 Å². The van der Waals surface area contributed by atoms with Crippen LogP contribution in [0, 0.1) is 17.0 Å². The number of nitro groups is 1. The minimum atomic E-state index is -4.03. The second kappa shape index (κ2) is 9.67. The number of halogens is 1. The van der Waals surface area contributed by atoms with E-state index in [1.165, 1.54) is 30.3 Å². The van der Waals surface area contributed by atoms with Crippen molar-refractivity contribution < 1.29 is 22.9 Å². The number of carbonyl (C=O) groups is 2. The lowest BCUT2D eigenvalue weighted by Crippen LogP contribution is -2.41. The van der Waals surface area contributed by atoms with Gasteiger partial charge < -0.3 is 0 Å². The zero-order chi connectivity index (χ0) is 24.2. The third-order valence-corrected chi connectivity index (χ3v) is 6.08. The first-order chi connectivity index (χ1) is 15.6. The monoisotopic (exact) mass is 488 g/mol. The summed E-state index contributed by atoms with van der Waals surface area (Å²) in [6.45, 7) is 1.81. The fraction of sp³-hybridized carbons (Fsp3) is 0.0476. The number of aryl methyl sites for hydroxylation is 1. The number of hydrazine groups is 1. The average molecular weight is 489 g/mol. The van der Waals surface area contributed by atoms with E-state index in [0.717, 1.165) is 17.7 Å². The van der Waals surface area contributed by atoms with Gasteiger partial charge in [0.2, 0.25) is 0 Å². The van der Waals surface area contributed by atoms with Crippen LogP contribution in [0.2, 0.25) is 5.02 Å². The molecule has 0 aromatic heterocycles. The van der Waals surface area contributed by atoms with Crippen LogP contribution in [-0.4, -0.2) is 25.2 Å². The highest BCUT2D eigenvalue weighted by Crippen LogP contribution is 2.23. The van der Waals surface area contributed by atoms with Gasteiger partial charge in [0.15, 0.2) is 0 Å². The SMILES string of the molecule is Cc1cccc(NS(=O)(=O)c2ccc(Cl)c(C(=O)NNC(=O)c3cccc([N+](=O)[O-])c3)c2)c1. The summed E-state index contributed by atoms with van der Waals surface area (Å²) >= 11 is 6.05. The molecule has 0 radical (unpaired) electrons. The summed E-state index contributed by atoms with van der Waals surface area (Å²) in [6.07, 6.45) is 0. The Kier molecular flexibility index (Phi) is 6.95. The van der Waals surface area contributed by atoms with Gasteiger partial charge in [0.25, 0.3) is 27.5 Å². The maximum absolute atomic E-state index is 12.7. The molecule has 0 aliphatic carbocycles. The topological polar surface area (TPSA) is 148 Å². The van der Waals surface area contributed by atoms with Gasteiger partial charge in [-0.3, -0.25) is 35.3 Å². The molecule has 0 aliphatic rings. The van der Waals surface area contributed by atoms with Crippen LogP contribution in [0.4, 0.5) is 11.4 Å². The number of nitrogens with one attached hydrogen (secondary N) is 3. The van der Waals surface area contributed by atoms with E-state index in [9.17, 15) is 28.1 Å². The highest BCUT2D eigenvalue weighted by Gasteiger charge is 2.20. The number of non-ortho nitro benzene ring substituents is 1. The maximum Gasteiger partial charge on any atom is 0.271 e. The molecule has 3 rings (SSSR count). The third-order valence-electron chi connectivity index (χ3n) is 4.37. The largest absolute Gasteiger partial charge is 0.280 e. The van der Waals surface area contributed by atoms with Gasteiger partial charge in [0.1, 0.15) is 0 Å². The Labute approximate surface area is 193 Å². The molecule has 0 unspecified atom stereocenters. The summed E-state index contributed by atoms with van der Waals surface area (Å²) < 4.78 is 27.9. The summed E-state index contributed by atoms with van der Waals surface area (Å²) in [4.78, 5) is 34.7. The second-order valence-electron chi connectivity index (χ2n) is 6.83. The maximum atomic E-state index is 12.7. The number of hydrogen-bond donors (Lipinski definition) is 3. The first-order valence-electron chi connectivity index (χ1n) is 9.31. The van der Waals surface area contributed by atoms with Crippen molar-refractivity contribution in [3.63, 3.8) is 0 Å². The molecule has 0 atom stereocenters. The van der Waals surface area contributed by atoms with Crippen molar-refractivity contribution >= 4 is 44.8 Å². The second-order valence-corrected chi connectivity index (χ2v) is 8.92. The van der Waals surface area contributed by atoms with Crippen molar-refractivity contribution in [1.29, 1.82) is 0 Å². The van der Waals surface area contributed by atoms with E-state index in [4.69, 9.17) is 11.6 Å². The predicted octanol–water partition coefficient (Wildman–Crippen LogP) is 3.43. The lowest BCUT2D eigenvalue weighted by molar-refractivity contribution is -0.384. The number of benzene rings is 3. The molecular formula is C21H17ClN4O6S. The van der Waals surface area contributed by atoms with E-state index in [2.05, 4.69) is 15.6 Å². The van der Waals surface area contributed by atoms with Crippen molar-refractivity contribution in [3.8, 4) is 0 Å². The van der Waals surface area contributed by atoms with Crippen LogP contribution in [0.1, 0.15) is 26.3 Å². The number of rotatable bonds is 6. The van der Waals surface area contributed by atoms with Gasteiger partial charge in [-0.25, -0.2) is 8.42 Å². The first-order valence-corrected chi connectivity index (χ1v) is 11.2. The molecule has 33 heavy (non-hydrogen) atoms. The van der Waals surface area contributed by atoms with Crippen LogP contribution in [-0.2, 0) is 10.0 Å². The molecule has 0 spiro atoms. The number of nitrogens with zero attached hydrogens (tertiary/aromatic N) is 1. The van der Waals surface area contributed by atoms with Crippen LogP contribution in [0.15, 0.2) is 71.6 Å². The van der Waals surface area contributed by atoms with Crippen LogP contribution < -0.4 is 15.6 Å². The molecule has 0 saturated carbocycles. The molecule has 2 amide bonds. The Balaban J connectivity index is 1.76. The van der Waals surface area contributed by atoms with Gasteiger partial charge >= 0.3 is 0 Å². The van der Waals surface area contributed by atoms with Gasteiger partial charge in [0, 0.05) is 23.4 Å². The van der Waals surface area contributed by atoms with Crippen molar-refractivity contribution in [2.75, 3.05) is 4.72 Å². The van der Waals surface area contributed by atoms with E-state index in [1.54, 1.807) is 18.2 Å². The predicted molar refractivity (Wildman–Crippen MR) is 121 cm³/mol. The highest BCUT2D eigenvalue weighted by atomic mass is 35.5. The normalized spacial score (nSPS) is 10.8. The van der Waals surface area contributed by atoms with Crippen molar-refractivity contribution in [3.05, 3.63) is 98.6 Å². The zero-order valence-electron chi connectivity index (χ0n) is 17.0. The Hall–Kier alpha value is -3.96. The summed E-state index contributed by atoms with van der Waals surface area (Å²) in [5.41, 5.74) is 4.86. The molecular weight excluding hydrogens is 472 g/mol. The van der Waals surface area contributed by atoms with Crippen LogP contribution in [0.25, 0.3) is 0 Å². The number of hydrogen-bond acceptors (Lipinski definition) is 6. The Morgan fingerprint density at radius 3 is 2.33 bits per heavy atom. The molecule has 10 nitrogen and oxygen atoms in total. The smallest absolute Gasteiger partial charge is 0.271 e. The van der Waals surface area contributed by atoms with Gasteiger partial charge in [-0.1, -0.05) is 29.8 Å². The fourth-order valence-electron chi connectivity index (χ4n) is 2.78. The van der Waals surface area contributed by atoms with Crippen molar-refractivity contribution in [1.82, 2.24) is 10.9 Å². The molecule has 3 aromatic rings. The zero-order valence-corrected chi connectivity index (χ0v) is 18.6. The first kappa shape index (κ1) is 23.7. The molecule has 0 fully saturated rings. The molecule has 0 heterocycles. The van der Waals surface area contributed by atoms with Gasteiger partial charge in [-0.05, 0) is 48.9 Å². The van der Waals surface area contributed by atoms with Gasteiger partial charge in [0.05, 0.1) is 20.4 Å². The van der Waals surface area contributed by atoms with E-state index in [-0.39, 0.29) is 26.7 Å². The lowest BCUT2D eigenvalue weighted by Gasteiger charge is -2.12. The summed E-state index contributed by atoms with van der Waals surface area (Å²) in [7, 11) is -4.03. The number of sulfonamides is 1. The van der Waals surface area contributed by atoms with E-state index in [0.29, 0.717) is 5.69 Å². The minimum absolute atomic E-state index is 0.0494. The number of amides is 2. The molecule has 3 N–H and O–H groups in total. The Morgan fingerprint density at radius 2 is 1.64 bits per heavy atom. The standard InChI is InChI=1S/C21H17ClN4O6S/c1-13-4-2-6-15(10-13)25-33(31,32)17-8-9-19(22)18(12-17)21(28)24-23-20(27)14-5-3-7-16(11-14)26(29)30/h2-12,25H,1H3,(H,23,27)(H,24,28). The summed E-state index contributed by atoms with van der Waals surface area (Å²) in [5, 5.41) is 10.8. The van der Waals surface area contributed by atoms with Gasteiger partial charge in [-0.2, -0.15) is 0 Å². The molecule has 3 aromatic carbocycles. The van der Waals surface area contributed by atoms with Crippen LogP contribution in [0.3, 0.4) is 0 Å². The highest BCUT2D eigenvalue weighted by molar-refractivity contribution is 7.92. The molecule has 0 aliphatic heterocycles. The van der Waals surface area contributed by atoms with Crippen molar-refractivity contribution in [2.45, 2.75) is 11.8 Å². The van der Waals surface area contributed by atoms with E-state index >= 15 is 0 Å². The third kappa shape index (κ3) is 5.84. The molecule has 12 heteroatoms. The summed E-state index contributed by atoms with van der Waals surface area (Å²) in [5.74, 6) is -1.69. The Bertz CT molecular complexity index is 1360. The van der Waals surface area contributed by atoms with Crippen LogP contribution >= 0.6 is 11.6 Å². The number of nitro benzene ring substituents is 1. The average Bonchev–Trinajstić information content (AvgIpc) is 2.77. The fourth-order valence-corrected chi connectivity index (χ4v) is 4.06. The summed E-state index contributed by atoms with van der Waals surface area (Å²) in [6, 6.07) is 15.2. The van der Waals surface area contributed by atoms with E-state index in [1.807, 2.05) is 13.0 Å². The van der Waals surface area contributed by atoms with E-state index < -0.39 is 26.8 Å². The Morgan fingerprint density at radius 1 is 0.939 bits per heavy atom. The van der Waals surface area contributed by atoms with Crippen LogP contribution in [0.5, 0.6) is 0 Å². The lowest BCUT2D eigenvalue weighted by atomic mass is 10.2. The quantitative estimate of drug-likeness (QED) is 0.357. The van der Waals surface area contributed by atoms with Crippen molar-refractivity contribution in [2.24, 2.45) is 0 Å². The molecule has 170 valence electrons. The minimum Gasteiger partial charge on any atom is -0.280 e. The number of anilines is 1.